The van der Waals surface area contributed by atoms with Crippen LogP contribution in [0.4, 0.5) is 15.0 Å². The van der Waals surface area contributed by atoms with Crippen LogP contribution in [-0.2, 0) is 0 Å². The quantitative estimate of drug-likeness (QED) is 0.633. The zero-order valence-corrected chi connectivity index (χ0v) is 14.4. The van der Waals surface area contributed by atoms with E-state index in [9.17, 15) is 9.18 Å². The van der Waals surface area contributed by atoms with Gasteiger partial charge in [0.2, 0.25) is 0 Å². The van der Waals surface area contributed by atoms with Crippen molar-refractivity contribution in [2.24, 2.45) is 0 Å². The summed E-state index contributed by atoms with van der Waals surface area (Å²) in [5.41, 5.74) is 0.814. The van der Waals surface area contributed by atoms with E-state index in [0.717, 1.165) is 5.56 Å². The number of benzene rings is 1. The molecule has 1 heterocycles. The number of hydrogen-bond acceptors (Lipinski definition) is 5. The van der Waals surface area contributed by atoms with Crippen LogP contribution >= 0.6 is 0 Å². The third-order valence-electron chi connectivity index (χ3n) is 3.59. The molecule has 8 heteroatoms. The van der Waals surface area contributed by atoms with E-state index in [1.165, 1.54) is 12.1 Å². The lowest BCUT2D eigenvalue weighted by atomic mass is 10.1. The van der Waals surface area contributed by atoms with Gasteiger partial charge in [-0.05, 0) is 31.8 Å². The van der Waals surface area contributed by atoms with Crippen LogP contribution < -0.4 is 16.0 Å². The molecule has 0 saturated heterocycles. The number of aromatic nitrogens is 2. The van der Waals surface area contributed by atoms with Crippen LogP contribution in [0.1, 0.15) is 11.6 Å². The number of nitrogens with zero attached hydrogens (tertiary/aromatic N) is 3. The molecule has 0 aliphatic rings. The summed E-state index contributed by atoms with van der Waals surface area (Å²) in [4.78, 5) is 21.9. The fourth-order valence-corrected chi connectivity index (χ4v) is 2.32. The summed E-state index contributed by atoms with van der Waals surface area (Å²) < 4.78 is 13.4. The molecule has 7 nitrogen and oxygen atoms in total. The molecule has 0 radical (unpaired) electrons. The summed E-state index contributed by atoms with van der Waals surface area (Å²) in [7, 11) is 3.78. The highest BCUT2D eigenvalue weighted by Gasteiger charge is 2.15. The number of hydrogen-bond donors (Lipinski definition) is 3. The SMILES string of the molecule is CN(C)[C@@H](CNC(=O)NCCNc1cnccn1)c1cccc(F)c1. The molecular weight excluding hydrogens is 323 g/mol. The Bertz CT molecular complexity index is 667. The zero-order chi connectivity index (χ0) is 18.1. The molecule has 0 saturated carbocycles. The topological polar surface area (TPSA) is 82.2 Å². The molecular formula is C17H23FN6O. The number of halogens is 1. The number of likely N-dealkylation sites (N-methyl/N-ethyl adjacent to an activating group) is 1. The van der Waals surface area contributed by atoms with Gasteiger partial charge in [0.05, 0.1) is 12.2 Å². The van der Waals surface area contributed by atoms with E-state index in [1.54, 1.807) is 24.7 Å². The Balaban J connectivity index is 1.73. The monoisotopic (exact) mass is 346 g/mol. The summed E-state index contributed by atoms with van der Waals surface area (Å²) in [5.74, 6) is 0.368. The van der Waals surface area contributed by atoms with Gasteiger partial charge in [-0.1, -0.05) is 12.1 Å². The Hall–Kier alpha value is -2.74. The van der Waals surface area contributed by atoms with Gasteiger partial charge in [-0.25, -0.2) is 14.2 Å². The van der Waals surface area contributed by atoms with E-state index < -0.39 is 0 Å². The highest BCUT2D eigenvalue weighted by Crippen LogP contribution is 2.18. The molecule has 0 aliphatic carbocycles. The standard InChI is InChI=1S/C17H23FN6O/c1-24(2)15(13-4-3-5-14(18)10-13)11-23-17(25)22-9-8-21-16-12-19-6-7-20-16/h3-7,10,12,15H,8-9,11H2,1-2H3,(H,20,21)(H2,22,23,25)/t15-/m0/s1. The van der Waals surface area contributed by atoms with Gasteiger partial charge in [-0.3, -0.25) is 4.98 Å². The lowest BCUT2D eigenvalue weighted by molar-refractivity contribution is 0.233. The van der Waals surface area contributed by atoms with Crippen LogP contribution in [0.3, 0.4) is 0 Å². The van der Waals surface area contributed by atoms with E-state index >= 15 is 0 Å². The number of urea groups is 1. The number of nitrogens with one attached hydrogen (secondary N) is 3. The van der Waals surface area contributed by atoms with Crippen LogP contribution in [0.5, 0.6) is 0 Å². The number of carbonyl (C=O) groups is 1. The molecule has 2 amide bonds. The fraction of sp³-hybridized carbons (Fsp3) is 0.353. The lowest BCUT2D eigenvalue weighted by Gasteiger charge is -2.25. The van der Waals surface area contributed by atoms with Crippen molar-refractivity contribution in [2.45, 2.75) is 6.04 Å². The Labute approximate surface area is 146 Å². The van der Waals surface area contributed by atoms with Crippen molar-refractivity contribution in [1.82, 2.24) is 25.5 Å². The summed E-state index contributed by atoms with van der Waals surface area (Å²) in [6.07, 6.45) is 4.80. The van der Waals surface area contributed by atoms with Crippen LogP contribution in [0, 0.1) is 5.82 Å². The smallest absolute Gasteiger partial charge is 0.314 e. The molecule has 2 rings (SSSR count). The molecule has 1 atom stereocenters. The largest absolute Gasteiger partial charge is 0.367 e. The van der Waals surface area contributed by atoms with E-state index in [-0.39, 0.29) is 17.9 Å². The lowest BCUT2D eigenvalue weighted by Crippen LogP contribution is -2.42. The Morgan fingerprint density at radius 3 is 2.76 bits per heavy atom. The number of amides is 2. The maximum Gasteiger partial charge on any atom is 0.314 e. The molecule has 25 heavy (non-hydrogen) atoms. The first-order chi connectivity index (χ1) is 12.1. The average Bonchev–Trinajstić information content (AvgIpc) is 2.59. The predicted molar refractivity (Wildman–Crippen MR) is 94.8 cm³/mol. The summed E-state index contributed by atoms with van der Waals surface area (Å²) >= 11 is 0. The summed E-state index contributed by atoms with van der Waals surface area (Å²) in [5, 5.41) is 8.62. The number of rotatable bonds is 8. The first-order valence-electron chi connectivity index (χ1n) is 7.99. The Morgan fingerprint density at radius 2 is 2.08 bits per heavy atom. The first-order valence-corrected chi connectivity index (χ1v) is 7.99. The number of anilines is 1. The van der Waals surface area contributed by atoms with Crippen molar-refractivity contribution in [3.8, 4) is 0 Å². The first kappa shape index (κ1) is 18.6. The van der Waals surface area contributed by atoms with Gasteiger partial charge >= 0.3 is 6.03 Å². The second kappa shape index (κ2) is 9.53. The molecule has 0 unspecified atom stereocenters. The molecule has 0 spiro atoms. The van der Waals surface area contributed by atoms with Crippen LogP contribution in [0.2, 0.25) is 0 Å². The van der Waals surface area contributed by atoms with E-state index in [2.05, 4.69) is 25.9 Å². The Morgan fingerprint density at radius 1 is 1.24 bits per heavy atom. The summed E-state index contributed by atoms with van der Waals surface area (Å²) in [6, 6.07) is 6.01. The maximum absolute atomic E-state index is 13.4. The maximum atomic E-state index is 13.4. The van der Waals surface area contributed by atoms with Crippen molar-refractivity contribution < 1.29 is 9.18 Å². The van der Waals surface area contributed by atoms with Crippen molar-refractivity contribution in [3.05, 3.63) is 54.2 Å². The van der Waals surface area contributed by atoms with Crippen molar-refractivity contribution >= 4 is 11.8 Å². The molecule has 0 aliphatic heterocycles. The minimum atomic E-state index is -0.288. The molecule has 134 valence electrons. The van der Waals surface area contributed by atoms with Gasteiger partial charge in [-0.15, -0.1) is 0 Å². The predicted octanol–water partition coefficient (Wildman–Crippen LogP) is 1.63. The van der Waals surface area contributed by atoms with Gasteiger partial charge in [-0.2, -0.15) is 0 Å². The van der Waals surface area contributed by atoms with Gasteiger partial charge in [0, 0.05) is 32.0 Å². The minimum Gasteiger partial charge on any atom is -0.367 e. The minimum absolute atomic E-state index is 0.112. The van der Waals surface area contributed by atoms with E-state index in [1.807, 2.05) is 25.1 Å². The third kappa shape index (κ3) is 6.34. The highest BCUT2D eigenvalue weighted by molar-refractivity contribution is 5.73. The normalized spacial score (nSPS) is 11.8. The third-order valence-corrected chi connectivity index (χ3v) is 3.59. The van der Waals surface area contributed by atoms with Crippen LogP contribution in [0.15, 0.2) is 42.9 Å². The molecule has 1 aromatic heterocycles. The Kier molecular flexibility index (Phi) is 7.09. The molecule has 0 fully saturated rings. The zero-order valence-electron chi connectivity index (χ0n) is 14.4. The fourth-order valence-electron chi connectivity index (χ4n) is 2.32. The second-order valence-electron chi connectivity index (χ2n) is 5.69. The molecule has 3 N–H and O–H groups in total. The van der Waals surface area contributed by atoms with Gasteiger partial charge in [0.1, 0.15) is 11.6 Å². The average molecular weight is 346 g/mol. The van der Waals surface area contributed by atoms with Gasteiger partial charge in [0.25, 0.3) is 0 Å². The van der Waals surface area contributed by atoms with Crippen molar-refractivity contribution in [3.63, 3.8) is 0 Å². The number of carbonyl (C=O) groups excluding carboxylic acids is 1. The molecule has 1 aromatic carbocycles. The van der Waals surface area contributed by atoms with Crippen molar-refractivity contribution in [2.75, 3.05) is 39.0 Å². The van der Waals surface area contributed by atoms with E-state index in [0.29, 0.717) is 25.5 Å². The highest BCUT2D eigenvalue weighted by atomic mass is 19.1. The second-order valence-corrected chi connectivity index (χ2v) is 5.69. The van der Waals surface area contributed by atoms with E-state index in [4.69, 9.17) is 0 Å². The molecule has 0 bridgehead atoms. The van der Waals surface area contributed by atoms with Gasteiger partial charge < -0.3 is 20.9 Å². The van der Waals surface area contributed by atoms with Crippen molar-refractivity contribution in [1.29, 1.82) is 0 Å². The van der Waals surface area contributed by atoms with Gasteiger partial charge in [0.15, 0.2) is 0 Å². The summed E-state index contributed by atoms with van der Waals surface area (Å²) in [6.45, 7) is 1.35. The van der Waals surface area contributed by atoms with Crippen LogP contribution in [-0.4, -0.2) is 54.6 Å². The van der Waals surface area contributed by atoms with Crippen LogP contribution in [0.25, 0.3) is 0 Å². The molecule has 2 aromatic rings.